The lowest BCUT2D eigenvalue weighted by atomic mass is 10.1. The zero-order valence-electron chi connectivity index (χ0n) is 17.9. The maximum atomic E-state index is 12.9. The van der Waals surface area contributed by atoms with Crippen LogP contribution in [0, 0.1) is 0 Å². The molecule has 2 aromatic heterocycles. The van der Waals surface area contributed by atoms with E-state index in [-0.39, 0.29) is 11.5 Å². The lowest BCUT2D eigenvalue weighted by Gasteiger charge is -2.11. The molecule has 0 bridgehead atoms. The Bertz CT molecular complexity index is 1260. The molecule has 0 aliphatic heterocycles. The summed E-state index contributed by atoms with van der Waals surface area (Å²) in [6.07, 6.45) is 5.84. The van der Waals surface area contributed by atoms with Crippen molar-refractivity contribution in [1.82, 2.24) is 19.7 Å². The Hall–Kier alpha value is -3.41. The minimum atomic E-state index is -0.238. The highest BCUT2D eigenvalue weighted by Crippen LogP contribution is 2.16. The van der Waals surface area contributed by atoms with Crippen molar-refractivity contribution in [1.29, 1.82) is 0 Å². The van der Waals surface area contributed by atoms with Gasteiger partial charge in [-0.2, -0.15) is 5.10 Å². The molecule has 0 spiro atoms. The van der Waals surface area contributed by atoms with Crippen molar-refractivity contribution in [2.75, 3.05) is 6.54 Å². The molecule has 2 heterocycles. The van der Waals surface area contributed by atoms with Crippen LogP contribution in [-0.2, 0) is 13.1 Å². The van der Waals surface area contributed by atoms with Gasteiger partial charge in [0.05, 0.1) is 5.39 Å². The van der Waals surface area contributed by atoms with Crippen LogP contribution in [0.4, 0.5) is 0 Å². The molecule has 1 amide bonds. The highest BCUT2D eigenvalue weighted by atomic mass is 16.2. The van der Waals surface area contributed by atoms with Crippen molar-refractivity contribution in [3.05, 3.63) is 76.8 Å². The van der Waals surface area contributed by atoms with E-state index in [4.69, 9.17) is 0 Å². The van der Waals surface area contributed by atoms with Crippen molar-refractivity contribution in [3.8, 4) is 0 Å². The molecule has 6 heteroatoms. The van der Waals surface area contributed by atoms with Crippen molar-refractivity contribution < 1.29 is 4.79 Å². The average molecular weight is 417 g/mol. The molecule has 4 aromatic rings. The molecule has 0 aliphatic carbocycles. The van der Waals surface area contributed by atoms with E-state index < -0.39 is 0 Å². The fourth-order valence-electron chi connectivity index (χ4n) is 3.94. The van der Waals surface area contributed by atoms with Gasteiger partial charge in [0.15, 0.2) is 5.69 Å². The standard InChI is InChI=1S/C25H28N4O2/c1-2-3-8-17-29-25(31)21-12-6-5-11-20(21)23(27-29)24(30)26-15-9-16-28-18-14-19-10-4-7-13-22(19)28/h4-7,10-14,18H,2-3,8-9,15-17H2,1H3,(H,26,30). The van der Waals surface area contributed by atoms with Crippen molar-refractivity contribution in [2.45, 2.75) is 45.7 Å². The SMILES string of the molecule is CCCCCn1nc(C(=O)NCCCn2ccc3ccccc32)c2ccccc2c1=O. The third kappa shape index (κ3) is 4.53. The van der Waals surface area contributed by atoms with Crippen LogP contribution in [0.1, 0.15) is 43.1 Å². The molecular weight excluding hydrogens is 388 g/mol. The van der Waals surface area contributed by atoms with Gasteiger partial charge in [-0.15, -0.1) is 0 Å². The third-order valence-electron chi connectivity index (χ3n) is 5.60. The molecule has 0 fully saturated rings. The van der Waals surface area contributed by atoms with E-state index in [1.165, 1.54) is 15.6 Å². The number of para-hydroxylation sites is 1. The monoisotopic (exact) mass is 416 g/mol. The predicted molar refractivity (Wildman–Crippen MR) is 124 cm³/mol. The zero-order valence-corrected chi connectivity index (χ0v) is 17.9. The van der Waals surface area contributed by atoms with Gasteiger partial charge >= 0.3 is 0 Å². The summed E-state index contributed by atoms with van der Waals surface area (Å²) in [6.45, 7) is 4.00. The van der Waals surface area contributed by atoms with E-state index in [9.17, 15) is 9.59 Å². The van der Waals surface area contributed by atoms with Crippen molar-refractivity contribution in [3.63, 3.8) is 0 Å². The fourth-order valence-corrected chi connectivity index (χ4v) is 3.94. The average Bonchev–Trinajstić information content (AvgIpc) is 3.21. The van der Waals surface area contributed by atoms with Gasteiger partial charge in [0.25, 0.3) is 11.5 Å². The lowest BCUT2D eigenvalue weighted by molar-refractivity contribution is 0.0947. The van der Waals surface area contributed by atoms with Gasteiger partial charge in [0.2, 0.25) is 0 Å². The Morgan fingerprint density at radius 2 is 1.71 bits per heavy atom. The predicted octanol–water partition coefficient (Wildman–Crippen LogP) is 4.36. The van der Waals surface area contributed by atoms with E-state index >= 15 is 0 Å². The molecule has 2 aromatic carbocycles. The summed E-state index contributed by atoms with van der Waals surface area (Å²) in [5.74, 6) is -0.238. The maximum Gasteiger partial charge on any atom is 0.274 e. The normalized spacial score (nSPS) is 11.3. The number of unbranched alkanes of at least 4 members (excludes halogenated alkanes) is 2. The first-order valence-corrected chi connectivity index (χ1v) is 11.0. The van der Waals surface area contributed by atoms with Crippen LogP contribution in [0.15, 0.2) is 65.6 Å². The summed E-state index contributed by atoms with van der Waals surface area (Å²) in [6, 6.07) is 17.6. The lowest BCUT2D eigenvalue weighted by Crippen LogP contribution is -2.31. The van der Waals surface area contributed by atoms with Crippen molar-refractivity contribution in [2.24, 2.45) is 0 Å². The maximum absolute atomic E-state index is 12.9. The van der Waals surface area contributed by atoms with Gasteiger partial charge in [-0.05, 0) is 36.4 Å². The smallest absolute Gasteiger partial charge is 0.274 e. The van der Waals surface area contributed by atoms with Gasteiger partial charge in [-0.3, -0.25) is 9.59 Å². The second kappa shape index (κ2) is 9.60. The molecular formula is C25H28N4O2. The molecule has 0 aliphatic rings. The minimum Gasteiger partial charge on any atom is -0.351 e. The Balaban J connectivity index is 1.46. The van der Waals surface area contributed by atoms with E-state index in [0.717, 1.165) is 32.2 Å². The number of hydrogen-bond acceptors (Lipinski definition) is 3. The Kier molecular flexibility index (Phi) is 6.46. The second-order valence-corrected chi connectivity index (χ2v) is 7.81. The summed E-state index contributed by atoms with van der Waals surface area (Å²) in [5, 5.41) is 9.77. The Labute approximate surface area is 181 Å². The molecule has 0 unspecified atom stereocenters. The second-order valence-electron chi connectivity index (χ2n) is 7.81. The van der Waals surface area contributed by atoms with Gasteiger partial charge in [-0.25, -0.2) is 4.68 Å². The van der Waals surface area contributed by atoms with Crippen LogP contribution in [0.2, 0.25) is 0 Å². The zero-order chi connectivity index (χ0) is 21.6. The fraction of sp³-hybridized carbons (Fsp3) is 0.320. The molecule has 0 saturated heterocycles. The van der Waals surface area contributed by atoms with Gasteiger partial charge < -0.3 is 9.88 Å². The number of fused-ring (bicyclic) bond motifs is 2. The largest absolute Gasteiger partial charge is 0.351 e. The number of aryl methyl sites for hydroxylation is 2. The number of rotatable bonds is 9. The van der Waals surface area contributed by atoms with E-state index in [0.29, 0.717) is 29.6 Å². The topological polar surface area (TPSA) is 68.9 Å². The van der Waals surface area contributed by atoms with Crippen LogP contribution in [0.3, 0.4) is 0 Å². The summed E-state index contributed by atoms with van der Waals surface area (Å²) < 4.78 is 3.64. The van der Waals surface area contributed by atoms with Crippen LogP contribution in [-0.4, -0.2) is 26.8 Å². The first-order chi connectivity index (χ1) is 15.2. The van der Waals surface area contributed by atoms with E-state index in [1.807, 2.05) is 24.3 Å². The number of benzene rings is 2. The van der Waals surface area contributed by atoms with Crippen LogP contribution in [0.25, 0.3) is 21.7 Å². The molecule has 4 rings (SSSR count). The molecule has 160 valence electrons. The summed E-state index contributed by atoms with van der Waals surface area (Å²) in [4.78, 5) is 25.7. The van der Waals surface area contributed by atoms with Gasteiger partial charge in [0.1, 0.15) is 0 Å². The highest BCUT2D eigenvalue weighted by Gasteiger charge is 2.16. The number of carbonyl (C=O) groups is 1. The number of hydrogen-bond donors (Lipinski definition) is 1. The Morgan fingerprint density at radius 3 is 2.55 bits per heavy atom. The minimum absolute atomic E-state index is 0.136. The number of carbonyl (C=O) groups excluding carboxylic acids is 1. The van der Waals surface area contributed by atoms with Crippen LogP contribution < -0.4 is 10.9 Å². The van der Waals surface area contributed by atoms with Gasteiger partial charge in [-0.1, -0.05) is 56.2 Å². The number of nitrogens with zero attached hydrogens (tertiary/aromatic N) is 3. The Morgan fingerprint density at radius 1 is 0.935 bits per heavy atom. The number of amides is 1. The number of aromatic nitrogens is 3. The van der Waals surface area contributed by atoms with Crippen LogP contribution in [0.5, 0.6) is 0 Å². The molecule has 31 heavy (non-hydrogen) atoms. The quantitative estimate of drug-likeness (QED) is 0.412. The van der Waals surface area contributed by atoms with Crippen LogP contribution >= 0.6 is 0 Å². The first kappa shape index (κ1) is 20.8. The summed E-state index contributed by atoms with van der Waals surface area (Å²) >= 11 is 0. The summed E-state index contributed by atoms with van der Waals surface area (Å²) in [5.41, 5.74) is 1.38. The first-order valence-electron chi connectivity index (χ1n) is 11.0. The number of nitrogens with one attached hydrogen (secondary N) is 1. The van der Waals surface area contributed by atoms with Gasteiger partial charge in [0, 0.05) is 36.7 Å². The molecule has 0 radical (unpaired) electrons. The molecule has 6 nitrogen and oxygen atoms in total. The molecule has 0 atom stereocenters. The third-order valence-corrected chi connectivity index (χ3v) is 5.60. The molecule has 0 saturated carbocycles. The van der Waals surface area contributed by atoms with E-state index in [1.54, 1.807) is 12.1 Å². The molecule has 1 N–H and O–H groups in total. The highest BCUT2D eigenvalue weighted by molar-refractivity contribution is 6.04. The van der Waals surface area contributed by atoms with Crippen molar-refractivity contribution >= 4 is 27.6 Å². The van der Waals surface area contributed by atoms with E-state index in [2.05, 4.69) is 46.3 Å². The summed E-state index contributed by atoms with van der Waals surface area (Å²) in [7, 11) is 0.